The fourth-order valence-electron chi connectivity index (χ4n) is 3.52. The fourth-order valence-corrected chi connectivity index (χ4v) is 3.52. The molecule has 7 heteroatoms. The first-order valence-corrected chi connectivity index (χ1v) is 12.8. The van der Waals surface area contributed by atoms with E-state index in [0.29, 0.717) is 17.2 Å². The normalized spacial score (nSPS) is 11.9. The Morgan fingerprint density at radius 3 is 1.44 bits per heavy atom. The molecule has 0 aliphatic carbocycles. The molecule has 0 atom stereocenters. The van der Waals surface area contributed by atoms with Crippen molar-refractivity contribution in [2.75, 3.05) is 0 Å². The van der Waals surface area contributed by atoms with E-state index < -0.39 is 29.1 Å². The van der Waals surface area contributed by atoms with Gasteiger partial charge in [0.2, 0.25) is 0 Å². The van der Waals surface area contributed by atoms with Gasteiger partial charge in [-0.25, -0.2) is 9.59 Å². The van der Waals surface area contributed by atoms with Crippen molar-refractivity contribution in [2.24, 2.45) is 0 Å². The minimum atomic E-state index is -0.769. The van der Waals surface area contributed by atoms with E-state index in [1.807, 2.05) is 57.2 Å². The van der Waals surface area contributed by atoms with E-state index in [0.717, 1.165) is 22.3 Å². The highest BCUT2D eigenvalue weighted by molar-refractivity contribution is 5.87. The topological polar surface area (TPSA) is 80.3 Å². The summed E-state index contributed by atoms with van der Waals surface area (Å²) in [7, 11) is 0. The van der Waals surface area contributed by atoms with E-state index in [9.17, 15) is 9.59 Å². The molecular formula is C32H37O7. The van der Waals surface area contributed by atoms with Crippen molar-refractivity contribution in [3.63, 3.8) is 0 Å². The molecule has 0 aromatic heterocycles. The van der Waals surface area contributed by atoms with Crippen molar-refractivity contribution in [1.29, 1.82) is 0 Å². The molecule has 207 valence electrons. The molecule has 0 amide bonds. The summed E-state index contributed by atoms with van der Waals surface area (Å²) in [6.45, 7) is 16.6. The molecule has 0 N–H and O–H groups in total. The summed E-state index contributed by atoms with van der Waals surface area (Å²) in [4.78, 5) is 24.1. The van der Waals surface area contributed by atoms with Crippen LogP contribution in [0.15, 0.2) is 60.7 Å². The van der Waals surface area contributed by atoms with Crippen LogP contribution in [0, 0.1) is 6.07 Å². The Hall–Kier alpha value is -4.00. The predicted octanol–water partition coefficient (Wildman–Crippen LogP) is 8.63. The van der Waals surface area contributed by atoms with Crippen LogP contribution >= 0.6 is 0 Å². The summed E-state index contributed by atoms with van der Waals surface area (Å²) < 4.78 is 27.4. The number of hydrogen-bond donors (Lipinski definition) is 0. The van der Waals surface area contributed by atoms with E-state index in [-0.39, 0.29) is 0 Å². The van der Waals surface area contributed by atoms with Gasteiger partial charge < -0.3 is 23.7 Å². The van der Waals surface area contributed by atoms with Crippen LogP contribution in [0.3, 0.4) is 0 Å². The van der Waals surface area contributed by atoms with Crippen molar-refractivity contribution in [3.8, 4) is 39.5 Å². The second-order valence-corrected chi connectivity index (χ2v) is 12.0. The van der Waals surface area contributed by atoms with Crippen LogP contribution in [0.25, 0.3) is 22.3 Å². The molecule has 0 fully saturated rings. The van der Waals surface area contributed by atoms with Crippen molar-refractivity contribution < 1.29 is 33.3 Å². The maximum Gasteiger partial charge on any atom is 0.514 e. The summed E-state index contributed by atoms with van der Waals surface area (Å²) in [6, 6.07) is 21.2. The fraction of sp³-hybridized carbons (Fsp3) is 0.375. The zero-order chi connectivity index (χ0) is 29.0. The van der Waals surface area contributed by atoms with Gasteiger partial charge in [0, 0.05) is 11.1 Å². The lowest BCUT2D eigenvalue weighted by Crippen LogP contribution is -2.26. The number of benzene rings is 3. The first kappa shape index (κ1) is 29.6. The molecule has 0 aliphatic heterocycles. The lowest BCUT2D eigenvalue weighted by Gasteiger charge is -2.25. The zero-order valence-electron chi connectivity index (χ0n) is 24.1. The molecule has 0 bridgehead atoms. The van der Waals surface area contributed by atoms with Gasteiger partial charge in [0.25, 0.3) is 0 Å². The number of carbonyl (C=O) groups is 2. The van der Waals surface area contributed by atoms with E-state index in [1.165, 1.54) is 0 Å². The third-order valence-electron chi connectivity index (χ3n) is 4.84. The summed E-state index contributed by atoms with van der Waals surface area (Å²) in [5.74, 6) is 1.39. The molecule has 7 nitrogen and oxygen atoms in total. The Bertz CT molecular complexity index is 1290. The van der Waals surface area contributed by atoms with Crippen molar-refractivity contribution in [1.82, 2.24) is 0 Å². The van der Waals surface area contributed by atoms with Crippen LogP contribution in [0.5, 0.6) is 17.2 Å². The first-order chi connectivity index (χ1) is 18.0. The molecule has 0 saturated carbocycles. The van der Waals surface area contributed by atoms with E-state index >= 15 is 0 Å². The monoisotopic (exact) mass is 533 g/mol. The van der Waals surface area contributed by atoms with Gasteiger partial charge in [-0.2, -0.15) is 0 Å². The second-order valence-electron chi connectivity index (χ2n) is 12.0. The summed E-state index contributed by atoms with van der Waals surface area (Å²) >= 11 is 0. The summed E-state index contributed by atoms with van der Waals surface area (Å²) in [5.41, 5.74) is 1.54. The van der Waals surface area contributed by atoms with Crippen molar-refractivity contribution >= 4 is 12.3 Å². The average molecular weight is 534 g/mol. The van der Waals surface area contributed by atoms with E-state index in [1.54, 1.807) is 65.8 Å². The SMILES string of the molecule is CC(C)(C)OC(=O)Oc1ccc(-c2[c]ccc(OC(C)(C)C)c2-c2ccc(OC(=O)OC(C)(C)C)cc2)cc1. The van der Waals surface area contributed by atoms with Crippen LogP contribution in [-0.2, 0) is 9.47 Å². The molecule has 0 spiro atoms. The maximum absolute atomic E-state index is 12.1. The van der Waals surface area contributed by atoms with Gasteiger partial charge in [0.05, 0.1) is 0 Å². The number of rotatable bonds is 5. The third-order valence-corrected chi connectivity index (χ3v) is 4.84. The van der Waals surface area contributed by atoms with E-state index in [2.05, 4.69) is 6.07 Å². The lowest BCUT2D eigenvalue weighted by atomic mass is 9.93. The van der Waals surface area contributed by atoms with Gasteiger partial charge in [-0.1, -0.05) is 30.3 Å². The van der Waals surface area contributed by atoms with Gasteiger partial charge in [0.1, 0.15) is 34.1 Å². The smallest absolute Gasteiger partial charge is 0.487 e. The van der Waals surface area contributed by atoms with Gasteiger partial charge in [-0.05, 0) is 110 Å². The van der Waals surface area contributed by atoms with Gasteiger partial charge >= 0.3 is 12.3 Å². The minimum absolute atomic E-state index is 0.358. The Balaban J connectivity index is 1.95. The second kappa shape index (κ2) is 11.4. The van der Waals surface area contributed by atoms with Crippen molar-refractivity contribution in [2.45, 2.75) is 79.1 Å². The zero-order valence-corrected chi connectivity index (χ0v) is 24.1. The quantitative estimate of drug-likeness (QED) is 0.240. The van der Waals surface area contributed by atoms with Gasteiger partial charge in [-0.15, -0.1) is 0 Å². The Morgan fingerprint density at radius 1 is 0.590 bits per heavy atom. The molecule has 0 aliphatic rings. The van der Waals surface area contributed by atoms with Crippen LogP contribution < -0.4 is 14.2 Å². The van der Waals surface area contributed by atoms with Crippen LogP contribution in [-0.4, -0.2) is 29.1 Å². The van der Waals surface area contributed by atoms with Crippen molar-refractivity contribution in [3.05, 3.63) is 66.7 Å². The summed E-state index contributed by atoms with van der Waals surface area (Å²) in [5, 5.41) is 0. The van der Waals surface area contributed by atoms with Crippen LogP contribution in [0.1, 0.15) is 62.3 Å². The Labute approximate surface area is 231 Å². The number of hydrogen-bond acceptors (Lipinski definition) is 7. The number of carbonyl (C=O) groups excluding carboxylic acids is 2. The molecule has 0 saturated heterocycles. The average Bonchev–Trinajstić information content (AvgIpc) is 2.76. The molecule has 0 heterocycles. The lowest BCUT2D eigenvalue weighted by molar-refractivity contribution is 0.0193. The third kappa shape index (κ3) is 9.36. The van der Waals surface area contributed by atoms with Crippen LogP contribution in [0.2, 0.25) is 0 Å². The largest absolute Gasteiger partial charge is 0.514 e. The van der Waals surface area contributed by atoms with Crippen LogP contribution in [0.4, 0.5) is 9.59 Å². The Morgan fingerprint density at radius 2 is 1.03 bits per heavy atom. The predicted molar refractivity (Wildman–Crippen MR) is 150 cm³/mol. The summed E-state index contributed by atoms with van der Waals surface area (Å²) in [6.07, 6.45) is -1.54. The molecule has 39 heavy (non-hydrogen) atoms. The van der Waals surface area contributed by atoms with Gasteiger partial charge in [0.15, 0.2) is 0 Å². The van der Waals surface area contributed by atoms with E-state index in [4.69, 9.17) is 23.7 Å². The first-order valence-electron chi connectivity index (χ1n) is 12.8. The number of ether oxygens (including phenoxy) is 5. The Kier molecular flexibility index (Phi) is 8.64. The molecule has 3 aromatic carbocycles. The molecule has 3 rings (SSSR count). The standard InChI is InChI=1S/C32H37O7/c1-30(2,3)37-26-12-10-11-25(21-13-17-23(18-14-21)35-28(33)38-31(4,5)6)27(26)22-15-19-24(20-16-22)36-29(34)39-32(7,8)9/h10,12-20H,1-9H3. The van der Waals surface area contributed by atoms with Gasteiger partial charge in [-0.3, -0.25) is 0 Å². The highest BCUT2D eigenvalue weighted by atomic mass is 16.7. The minimum Gasteiger partial charge on any atom is -0.487 e. The highest BCUT2D eigenvalue weighted by Crippen LogP contribution is 2.41. The maximum atomic E-state index is 12.1. The highest BCUT2D eigenvalue weighted by Gasteiger charge is 2.22. The molecule has 0 unspecified atom stereocenters. The molecule has 1 radical (unpaired) electrons. The molecule has 3 aromatic rings. The molecular weight excluding hydrogens is 496 g/mol.